The Kier molecular flexibility index (Phi) is 7.19. The van der Waals surface area contributed by atoms with Crippen molar-refractivity contribution in [3.8, 4) is 5.75 Å². The van der Waals surface area contributed by atoms with Crippen molar-refractivity contribution in [3.63, 3.8) is 0 Å². The fourth-order valence-electron chi connectivity index (χ4n) is 3.90. The maximum atomic E-state index is 12.2. The van der Waals surface area contributed by atoms with Crippen LogP contribution in [-0.4, -0.2) is 38.7 Å². The molecule has 0 unspecified atom stereocenters. The van der Waals surface area contributed by atoms with Crippen LogP contribution in [0.25, 0.3) is 0 Å². The molecule has 5 heteroatoms. The summed E-state index contributed by atoms with van der Waals surface area (Å²) in [5, 5.41) is 2.95. The second kappa shape index (κ2) is 10.6. The zero-order chi connectivity index (χ0) is 21.3. The summed E-state index contributed by atoms with van der Waals surface area (Å²) in [4.78, 5) is 16.2. The highest BCUT2D eigenvalue weighted by Gasteiger charge is 2.20. The van der Waals surface area contributed by atoms with Gasteiger partial charge in [-0.25, -0.2) is 0 Å². The molecule has 1 amide bonds. The molecule has 0 spiro atoms. The molecule has 0 saturated carbocycles. The van der Waals surface area contributed by atoms with Gasteiger partial charge in [0.25, 0.3) is 0 Å². The van der Waals surface area contributed by atoms with Gasteiger partial charge in [-0.05, 0) is 36.4 Å². The third kappa shape index (κ3) is 6.33. The van der Waals surface area contributed by atoms with Crippen LogP contribution in [0.15, 0.2) is 84.9 Å². The van der Waals surface area contributed by atoms with E-state index < -0.39 is 0 Å². The van der Waals surface area contributed by atoms with Crippen molar-refractivity contribution in [2.45, 2.75) is 13.0 Å². The summed E-state index contributed by atoms with van der Waals surface area (Å²) in [5.74, 6) is 0.743. The van der Waals surface area contributed by atoms with Gasteiger partial charge in [-0.1, -0.05) is 48.5 Å². The van der Waals surface area contributed by atoms with Crippen LogP contribution in [0.1, 0.15) is 12.0 Å². The molecule has 3 aromatic rings. The summed E-state index contributed by atoms with van der Waals surface area (Å²) >= 11 is 0. The lowest BCUT2D eigenvalue weighted by atomic mass is 10.2. The van der Waals surface area contributed by atoms with Crippen LogP contribution in [0.2, 0.25) is 0 Å². The van der Waals surface area contributed by atoms with Crippen LogP contribution in [-0.2, 0) is 11.3 Å². The molecule has 1 heterocycles. The molecular formula is C26H30N3O2+. The minimum absolute atomic E-state index is 0.0400. The number of nitrogens with one attached hydrogen (secondary N) is 2. The smallest absolute Gasteiger partial charge is 0.227 e. The first-order valence-electron chi connectivity index (χ1n) is 11.0. The molecule has 2 N–H and O–H groups in total. The zero-order valence-corrected chi connectivity index (χ0v) is 17.8. The van der Waals surface area contributed by atoms with Crippen molar-refractivity contribution in [1.29, 1.82) is 0 Å². The van der Waals surface area contributed by atoms with Crippen molar-refractivity contribution >= 4 is 17.3 Å². The molecule has 3 aromatic carbocycles. The number of carbonyl (C=O) groups excluding carboxylic acids is 1. The Morgan fingerprint density at radius 3 is 2.19 bits per heavy atom. The number of nitrogens with zero attached hydrogens (tertiary/aromatic N) is 1. The first-order valence-corrected chi connectivity index (χ1v) is 11.0. The number of quaternary nitrogens is 1. The Labute approximate surface area is 184 Å². The van der Waals surface area contributed by atoms with E-state index >= 15 is 0 Å². The van der Waals surface area contributed by atoms with Gasteiger partial charge < -0.3 is 19.9 Å². The van der Waals surface area contributed by atoms with Gasteiger partial charge in [0.05, 0.1) is 39.2 Å². The van der Waals surface area contributed by atoms with Gasteiger partial charge in [0.2, 0.25) is 5.91 Å². The molecular weight excluding hydrogens is 386 g/mol. The van der Waals surface area contributed by atoms with Gasteiger partial charge in [0.15, 0.2) is 0 Å². The molecule has 1 fully saturated rings. The van der Waals surface area contributed by atoms with E-state index in [1.807, 2.05) is 42.5 Å². The Hall–Kier alpha value is -3.31. The van der Waals surface area contributed by atoms with E-state index in [4.69, 9.17) is 4.74 Å². The molecule has 31 heavy (non-hydrogen) atoms. The van der Waals surface area contributed by atoms with E-state index in [-0.39, 0.29) is 5.91 Å². The monoisotopic (exact) mass is 416 g/mol. The zero-order valence-electron chi connectivity index (χ0n) is 17.8. The fourth-order valence-corrected chi connectivity index (χ4v) is 3.90. The highest BCUT2D eigenvalue weighted by Crippen LogP contribution is 2.18. The van der Waals surface area contributed by atoms with E-state index in [1.54, 1.807) is 4.90 Å². The third-order valence-corrected chi connectivity index (χ3v) is 5.62. The predicted molar refractivity (Wildman–Crippen MR) is 125 cm³/mol. The highest BCUT2D eigenvalue weighted by atomic mass is 16.5. The molecule has 160 valence electrons. The Morgan fingerprint density at radius 1 is 0.871 bits per heavy atom. The maximum Gasteiger partial charge on any atom is 0.227 e. The largest absolute Gasteiger partial charge is 0.493 e. The summed E-state index contributed by atoms with van der Waals surface area (Å²) in [5.41, 5.74) is 3.44. The second-order valence-corrected chi connectivity index (χ2v) is 7.91. The molecule has 0 bridgehead atoms. The molecule has 0 aromatic heterocycles. The summed E-state index contributed by atoms with van der Waals surface area (Å²) in [6.45, 7) is 5.82. The predicted octanol–water partition coefficient (Wildman–Crippen LogP) is 3.00. The van der Waals surface area contributed by atoms with Crippen molar-refractivity contribution in [1.82, 2.24) is 0 Å². The average Bonchev–Trinajstić information content (AvgIpc) is 2.82. The molecule has 5 nitrogen and oxygen atoms in total. The number of hydrogen-bond acceptors (Lipinski definition) is 3. The summed E-state index contributed by atoms with van der Waals surface area (Å²) < 4.78 is 5.59. The average molecular weight is 417 g/mol. The molecule has 1 aliphatic rings. The maximum absolute atomic E-state index is 12.2. The molecule has 0 aliphatic carbocycles. The minimum Gasteiger partial charge on any atom is -0.493 e. The number of carbonyl (C=O) groups is 1. The number of rotatable bonds is 8. The first-order chi connectivity index (χ1) is 15.3. The number of benzene rings is 3. The van der Waals surface area contributed by atoms with Crippen LogP contribution in [0, 0.1) is 0 Å². The van der Waals surface area contributed by atoms with E-state index in [1.165, 1.54) is 11.3 Å². The van der Waals surface area contributed by atoms with Gasteiger partial charge >= 0.3 is 0 Å². The third-order valence-electron chi connectivity index (χ3n) is 5.62. The molecule has 4 rings (SSSR count). The lowest BCUT2D eigenvalue weighted by Crippen LogP contribution is -3.13. The topological polar surface area (TPSA) is 46.0 Å². The van der Waals surface area contributed by atoms with Gasteiger partial charge in [-0.3, -0.25) is 4.79 Å². The molecule has 0 radical (unpaired) electrons. The van der Waals surface area contributed by atoms with E-state index in [0.29, 0.717) is 13.0 Å². The van der Waals surface area contributed by atoms with Crippen LogP contribution in [0.4, 0.5) is 11.4 Å². The minimum atomic E-state index is -0.0400. The van der Waals surface area contributed by atoms with Crippen LogP contribution < -0.4 is 19.9 Å². The summed E-state index contributed by atoms with van der Waals surface area (Å²) in [6, 6.07) is 28.4. The SMILES string of the molecule is O=C(CCOc1ccccc1)Nc1ccc(N2CC[NH+](Cc3ccccc3)CC2)cc1. The van der Waals surface area contributed by atoms with E-state index in [0.717, 1.165) is 44.2 Å². The van der Waals surface area contributed by atoms with Crippen molar-refractivity contribution in [2.24, 2.45) is 0 Å². The second-order valence-electron chi connectivity index (χ2n) is 7.91. The number of amides is 1. The van der Waals surface area contributed by atoms with Crippen LogP contribution in [0.5, 0.6) is 5.75 Å². The number of para-hydroxylation sites is 1. The van der Waals surface area contributed by atoms with Gasteiger partial charge in [-0.15, -0.1) is 0 Å². The van der Waals surface area contributed by atoms with Crippen molar-refractivity contribution < 1.29 is 14.4 Å². The van der Waals surface area contributed by atoms with Crippen molar-refractivity contribution in [3.05, 3.63) is 90.5 Å². The quantitative estimate of drug-likeness (QED) is 0.594. The highest BCUT2D eigenvalue weighted by molar-refractivity contribution is 5.90. The molecule has 1 saturated heterocycles. The Morgan fingerprint density at radius 2 is 1.52 bits per heavy atom. The fraction of sp³-hybridized carbons (Fsp3) is 0.269. The molecule has 0 atom stereocenters. The lowest BCUT2D eigenvalue weighted by Gasteiger charge is -2.33. The van der Waals surface area contributed by atoms with Gasteiger partial charge in [-0.2, -0.15) is 0 Å². The van der Waals surface area contributed by atoms with Gasteiger partial charge in [0.1, 0.15) is 12.3 Å². The number of anilines is 2. The molecule has 1 aliphatic heterocycles. The lowest BCUT2D eigenvalue weighted by molar-refractivity contribution is -0.914. The van der Waals surface area contributed by atoms with Gasteiger partial charge in [0, 0.05) is 16.9 Å². The Balaban J connectivity index is 1.20. The normalized spacial score (nSPS) is 14.3. The number of piperazine rings is 1. The summed E-state index contributed by atoms with van der Waals surface area (Å²) in [7, 11) is 0. The standard InChI is InChI=1S/C26H29N3O2/c30-26(15-20-31-25-9-5-2-6-10-25)27-23-11-13-24(14-12-23)29-18-16-28(17-19-29)21-22-7-3-1-4-8-22/h1-14H,15-21H2,(H,27,30)/p+1. The Bertz CT molecular complexity index is 937. The first kappa shape index (κ1) is 20.9. The van der Waals surface area contributed by atoms with Crippen molar-refractivity contribution in [2.75, 3.05) is 43.0 Å². The van der Waals surface area contributed by atoms with E-state index in [2.05, 4.69) is 52.7 Å². The number of hydrogen-bond donors (Lipinski definition) is 2. The van der Waals surface area contributed by atoms with Crippen LogP contribution >= 0.6 is 0 Å². The van der Waals surface area contributed by atoms with E-state index in [9.17, 15) is 4.79 Å². The number of ether oxygens (including phenoxy) is 1. The summed E-state index contributed by atoms with van der Waals surface area (Å²) in [6.07, 6.45) is 0.322. The van der Waals surface area contributed by atoms with Crippen LogP contribution in [0.3, 0.4) is 0 Å².